The molecule has 2 aliphatic carbocycles. The highest BCUT2D eigenvalue weighted by Gasteiger charge is 2.41. The standard InChI is InChI=1S/C17H23ClN2O3S2/c18-15-3-4-17(24-15)25(22,23)20-7-5-19(6-8-20)16(21)11-14-10-12-1-2-13(14)9-12/h3-4,12-14H,1-2,5-11H2/t12-,13-,14-/m1/s1. The first-order valence-corrected chi connectivity index (χ1v) is 11.6. The van der Waals surface area contributed by atoms with E-state index in [-0.39, 0.29) is 10.1 Å². The van der Waals surface area contributed by atoms with Crippen LogP contribution in [0.1, 0.15) is 32.1 Å². The summed E-state index contributed by atoms with van der Waals surface area (Å²) in [6, 6.07) is 3.16. The lowest BCUT2D eigenvalue weighted by Gasteiger charge is -2.34. The number of rotatable bonds is 4. The van der Waals surface area contributed by atoms with E-state index in [1.165, 1.54) is 30.0 Å². The van der Waals surface area contributed by atoms with Crippen molar-refractivity contribution < 1.29 is 13.2 Å². The van der Waals surface area contributed by atoms with Gasteiger partial charge in [-0.25, -0.2) is 8.42 Å². The molecule has 3 atom stereocenters. The number of fused-ring (bicyclic) bond motifs is 2. The summed E-state index contributed by atoms with van der Waals surface area (Å²) in [7, 11) is -3.49. The van der Waals surface area contributed by atoms with Gasteiger partial charge in [0.05, 0.1) is 4.34 Å². The molecule has 3 aliphatic rings. The van der Waals surface area contributed by atoms with Crippen molar-refractivity contribution in [1.82, 2.24) is 9.21 Å². The van der Waals surface area contributed by atoms with Gasteiger partial charge in [0.1, 0.15) is 4.21 Å². The molecule has 1 aromatic rings. The molecule has 2 heterocycles. The van der Waals surface area contributed by atoms with E-state index in [1.54, 1.807) is 12.1 Å². The van der Waals surface area contributed by atoms with Gasteiger partial charge < -0.3 is 4.90 Å². The Hall–Kier alpha value is -0.630. The third-order valence-electron chi connectivity index (χ3n) is 6.06. The number of thiophene rings is 1. The van der Waals surface area contributed by atoms with E-state index < -0.39 is 10.0 Å². The monoisotopic (exact) mass is 402 g/mol. The molecule has 0 radical (unpaired) electrons. The maximum absolute atomic E-state index is 12.6. The van der Waals surface area contributed by atoms with E-state index in [0.29, 0.717) is 42.9 Å². The number of sulfonamides is 1. The summed E-state index contributed by atoms with van der Waals surface area (Å²) >= 11 is 6.94. The Morgan fingerprint density at radius 2 is 1.92 bits per heavy atom. The summed E-state index contributed by atoms with van der Waals surface area (Å²) in [4.78, 5) is 14.4. The first-order valence-electron chi connectivity index (χ1n) is 8.97. The number of carbonyl (C=O) groups excluding carboxylic acids is 1. The highest BCUT2D eigenvalue weighted by molar-refractivity contribution is 7.91. The largest absolute Gasteiger partial charge is 0.340 e. The fourth-order valence-electron chi connectivity index (χ4n) is 4.72. The number of amides is 1. The van der Waals surface area contributed by atoms with Gasteiger partial charge in [-0.15, -0.1) is 11.3 Å². The molecule has 1 saturated heterocycles. The minimum Gasteiger partial charge on any atom is -0.340 e. The normalized spacial score (nSPS) is 30.1. The fourth-order valence-corrected chi connectivity index (χ4v) is 7.78. The van der Waals surface area contributed by atoms with Gasteiger partial charge in [-0.05, 0) is 49.1 Å². The summed E-state index contributed by atoms with van der Waals surface area (Å²) in [5.41, 5.74) is 0. The molecule has 0 spiro atoms. The first kappa shape index (κ1) is 17.8. The van der Waals surface area contributed by atoms with E-state index in [4.69, 9.17) is 11.6 Å². The molecule has 0 unspecified atom stereocenters. The number of hydrogen-bond donors (Lipinski definition) is 0. The second kappa shape index (κ2) is 6.83. The molecule has 138 valence electrons. The van der Waals surface area contributed by atoms with Crippen molar-refractivity contribution in [1.29, 1.82) is 0 Å². The smallest absolute Gasteiger partial charge is 0.252 e. The van der Waals surface area contributed by atoms with E-state index in [1.807, 2.05) is 4.90 Å². The Morgan fingerprint density at radius 3 is 2.48 bits per heavy atom. The van der Waals surface area contributed by atoms with Crippen LogP contribution >= 0.6 is 22.9 Å². The molecule has 25 heavy (non-hydrogen) atoms. The molecule has 1 amide bonds. The van der Waals surface area contributed by atoms with Crippen LogP contribution in [-0.4, -0.2) is 49.7 Å². The SMILES string of the molecule is O=C(C[C@H]1C[C@@H]2CC[C@@H]1C2)N1CCN(S(=O)(=O)c2ccc(Cl)s2)CC1. The van der Waals surface area contributed by atoms with Crippen LogP contribution in [0.4, 0.5) is 0 Å². The molecule has 2 bridgehead atoms. The van der Waals surface area contributed by atoms with Crippen LogP contribution in [0.3, 0.4) is 0 Å². The molecule has 0 N–H and O–H groups in total. The average Bonchev–Trinajstić information content (AvgIpc) is 3.32. The van der Waals surface area contributed by atoms with Crippen LogP contribution in [0.25, 0.3) is 0 Å². The summed E-state index contributed by atoms with van der Waals surface area (Å²) < 4.78 is 27.4. The highest BCUT2D eigenvalue weighted by atomic mass is 35.5. The van der Waals surface area contributed by atoms with Crippen LogP contribution < -0.4 is 0 Å². The third kappa shape index (κ3) is 3.48. The van der Waals surface area contributed by atoms with Crippen LogP contribution in [0.15, 0.2) is 16.3 Å². The van der Waals surface area contributed by atoms with Crippen LogP contribution in [0, 0.1) is 17.8 Å². The fraction of sp³-hybridized carbons (Fsp3) is 0.706. The van der Waals surface area contributed by atoms with E-state index in [2.05, 4.69) is 0 Å². The van der Waals surface area contributed by atoms with Crippen LogP contribution in [0.2, 0.25) is 4.34 Å². The Kier molecular flexibility index (Phi) is 4.86. The number of carbonyl (C=O) groups is 1. The predicted octanol–water partition coefficient (Wildman–Crippen LogP) is 3.06. The van der Waals surface area contributed by atoms with Gasteiger partial charge in [0.15, 0.2) is 0 Å². The van der Waals surface area contributed by atoms with Crippen molar-refractivity contribution in [2.45, 2.75) is 36.3 Å². The third-order valence-corrected chi connectivity index (χ3v) is 9.65. The molecular formula is C17H23ClN2O3S2. The van der Waals surface area contributed by atoms with Gasteiger partial charge in [0.2, 0.25) is 5.91 Å². The van der Waals surface area contributed by atoms with Gasteiger partial charge in [-0.1, -0.05) is 18.0 Å². The van der Waals surface area contributed by atoms with Crippen LogP contribution in [-0.2, 0) is 14.8 Å². The Balaban J connectivity index is 1.33. The van der Waals surface area contributed by atoms with Crippen molar-refractivity contribution in [3.05, 3.63) is 16.5 Å². The summed E-state index contributed by atoms with van der Waals surface area (Å²) in [6.07, 6.45) is 5.81. The molecule has 1 aliphatic heterocycles. The second-order valence-corrected chi connectivity index (χ2v) is 11.4. The van der Waals surface area contributed by atoms with Gasteiger partial charge in [0, 0.05) is 32.6 Å². The first-order chi connectivity index (χ1) is 11.9. The van der Waals surface area contributed by atoms with E-state index in [0.717, 1.165) is 23.2 Å². The molecule has 4 rings (SSSR count). The number of piperazine rings is 1. The lowest BCUT2D eigenvalue weighted by molar-refractivity contribution is -0.133. The maximum Gasteiger partial charge on any atom is 0.252 e. The van der Waals surface area contributed by atoms with Crippen molar-refractivity contribution in [3.8, 4) is 0 Å². The Labute approximate surface area is 158 Å². The Bertz CT molecular complexity index is 756. The summed E-state index contributed by atoms with van der Waals surface area (Å²) in [6.45, 7) is 1.69. The van der Waals surface area contributed by atoms with Gasteiger partial charge in [-0.3, -0.25) is 4.79 Å². The summed E-state index contributed by atoms with van der Waals surface area (Å²) in [5, 5.41) is 0. The molecule has 3 fully saturated rings. The molecular weight excluding hydrogens is 380 g/mol. The lowest BCUT2D eigenvalue weighted by Crippen LogP contribution is -2.50. The Morgan fingerprint density at radius 1 is 1.16 bits per heavy atom. The predicted molar refractivity (Wildman–Crippen MR) is 98.2 cm³/mol. The zero-order valence-electron chi connectivity index (χ0n) is 14.1. The molecule has 0 aromatic carbocycles. The zero-order chi connectivity index (χ0) is 17.6. The highest BCUT2D eigenvalue weighted by Crippen LogP contribution is 2.49. The average molecular weight is 403 g/mol. The van der Waals surface area contributed by atoms with Crippen molar-refractivity contribution in [2.75, 3.05) is 26.2 Å². The minimum atomic E-state index is -3.49. The number of nitrogens with zero attached hydrogens (tertiary/aromatic N) is 2. The molecule has 2 saturated carbocycles. The topological polar surface area (TPSA) is 57.7 Å². The summed E-state index contributed by atoms with van der Waals surface area (Å²) in [5.74, 6) is 2.36. The maximum atomic E-state index is 12.6. The molecule has 5 nitrogen and oxygen atoms in total. The quantitative estimate of drug-likeness (QED) is 0.777. The van der Waals surface area contributed by atoms with Gasteiger partial charge in [0.25, 0.3) is 10.0 Å². The van der Waals surface area contributed by atoms with Crippen molar-refractivity contribution >= 4 is 38.9 Å². The second-order valence-electron chi connectivity index (χ2n) is 7.48. The van der Waals surface area contributed by atoms with E-state index >= 15 is 0 Å². The number of halogens is 1. The van der Waals surface area contributed by atoms with Crippen molar-refractivity contribution in [3.63, 3.8) is 0 Å². The zero-order valence-corrected chi connectivity index (χ0v) is 16.5. The molecule has 8 heteroatoms. The van der Waals surface area contributed by atoms with E-state index in [9.17, 15) is 13.2 Å². The van der Waals surface area contributed by atoms with Gasteiger partial charge >= 0.3 is 0 Å². The van der Waals surface area contributed by atoms with Crippen LogP contribution in [0.5, 0.6) is 0 Å². The lowest BCUT2D eigenvalue weighted by atomic mass is 9.86. The van der Waals surface area contributed by atoms with Gasteiger partial charge in [-0.2, -0.15) is 4.31 Å². The van der Waals surface area contributed by atoms with Crippen molar-refractivity contribution in [2.24, 2.45) is 17.8 Å². The number of hydrogen-bond acceptors (Lipinski definition) is 4. The molecule has 1 aromatic heterocycles. The minimum absolute atomic E-state index is 0.203.